The number of likely N-dealkylation sites (tertiary alicyclic amines) is 1. The Balaban J connectivity index is 2.30. The van der Waals surface area contributed by atoms with Gasteiger partial charge < -0.3 is 9.80 Å². The van der Waals surface area contributed by atoms with Gasteiger partial charge >= 0.3 is 12.1 Å². The number of hydrogen-bond acceptors (Lipinski definition) is 2. The summed E-state index contributed by atoms with van der Waals surface area (Å²) in [6.45, 7) is 2.08. The van der Waals surface area contributed by atoms with E-state index in [2.05, 4.69) is 4.90 Å². The first-order valence-electron chi connectivity index (χ1n) is 5.31. The molecule has 1 unspecified atom stereocenters. The lowest BCUT2D eigenvalue weighted by Crippen LogP contribution is -2.39. The summed E-state index contributed by atoms with van der Waals surface area (Å²) in [5, 5.41) is 0. The highest BCUT2D eigenvalue weighted by atomic mass is 19.4. The van der Waals surface area contributed by atoms with Crippen molar-refractivity contribution >= 4 is 5.91 Å². The number of halogens is 3. The maximum atomic E-state index is 12.1. The molecule has 0 aromatic rings. The van der Waals surface area contributed by atoms with Crippen LogP contribution in [0.2, 0.25) is 0 Å². The molecule has 1 saturated heterocycles. The van der Waals surface area contributed by atoms with Crippen LogP contribution >= 0.6 is 0 Å². The fourth-order valence-corrected chi connectivity index (χ4v) is 1.96. The van der Waals surface area contributed by atoms with E-state index in [-0.39, 0.29) is 6.54 Å². The molecule has 16 heavy (non-hydrogen) atoms. The Morgan fingerprint density at radius 2 is 2.12 bits per heavy atom. The van der Waals surface area contributed by atoms with E-state index >= 15 is 0 Å². The van der Waals surface area contributed by atoms with E-state index in [4.69, 9.17) is 0 Å². The van der Waals surface area contributed by atoms with Gasteiger partial charge in [-0.3, -0.25) is 4.79 Å². The monoisotopic (exact) mass is 238 g/mol. The Hall–Kier alpha value is -0.780. The van der Waals surface area contributed by atoms with Crippen LogP contribution in [-0.4, -0.2) is 55.6 Å². The molecule has 1 fully saturated rings. The molecule has 1 amide bonds. The Kier molecular flexibility index (Phi) is 4.18. The molecule has 0 N–H and O–H groups in total. The molecule has 0 aromatic heterocycles. The van der Waals surface area contributed by atoms with Crippen molar-refractivity contribution in [2.45, 2.75) is 19.0 Å². The molecular weight excluding hydrogens is 221 g/mol. The molecule has 0 aliphatic carbocycles. The van der Waals surface area contributed by atoms with Crippen molar-refractivity contribution in [3.05, 3.63) is 0 Å². The number of carbonyl (C=O) groups excluding carboxylic acids is 1. The van der Waals surface area contributed by atoms with Crippen LogP contribution in [0, 0.1) is 5.92 Å². The largest absolute Gasteiger partial charge is 0.471 e. The van der Waals surface area contributed by atoms with Gasteiger partial charge in [0.25, 0.3) is 0 Å². The molecule has 0 bridgehead atoms. The molecule has 0 radical (unpaired) electrons. The third-order valence-electron chi connectivity index (χ3n) is 2.95. The third kappa shape index (κ3) is 3.66. The van der Waals surface area contributed by atoms with Crippen molar-refractivity contribution in [1.82, 2.24) is 9.80 Å². The molecule has 1 aliphatic rings. The maximum Gasteiger partial charge on any atom is 0.471 e. The highest BCUT2D eigenvalue weighted by Gasteiger charge is 2.41. The molecule has 3 nitrogen and oxygen atoms in total. The summed E-state index contributed by atoms with van der Waals surface area (Å²) in [7, 11) is 3.19. The molecule has 1 rings (SSSR count). The molecule has 1 aliphatic heterocycles. The van der Waals surface area contributed by atoms with Crippen LogP contribution in [0.15, 0.2) is 0 Å². The fraction of sp³-hybridized carbons (Fsp3) is 0.900. The number of hydrogen-bond donors (Lipinski definition) is 0. The van der Waals surface area contributed by atoms with E-state index in [1.165, 1.54) is 7.05 Å². The third-order valence-corrected chi connectivity index (χ3v) is 2.95. The zero-order valence-corrected chi connectivity index (χ0v) is 9.55. The molecule has 94 valence electrons. The molecular formula is C10H17F3N2O. The summed E-state index contributed by atoms with van der Waals surface area (Å²) in [6.07, 6.45) is -3.10. The summed E-state index contributed by atoms with van der Waals surface area (Å²) in [6, 6.07) is 0. The van der Waals surface area contributed by atoms with Crippen molar-refractivity contribution in [2.24, 2.45) is 5.92 Å². The lowest BCUT2D eigenvalue weighted by molar-refractivity contribution is -0.184. The van der Waals surface area contributed by atoms with Gasteiger partial charge in [-0.05, 0) is 32.4 Å². The van der Waals surface area contributed by atoms with Gasteiger partial charge in [-0.1, -0.05) is 0 Å². The summed E-state index contributed by atoms with van der Waals surface area (Å²) >= 11 is 0. The highest BCUT2D eigenvalue weighted by molar-refractivity contribution is 5.81. The summed E-state index contributed by atoms with van der Waals surface area (Å²) in [4.78, 5) is 13.7. The first-order valence-corrected chi connectivity index (χ1v) is 5.31. The second-order valence-electron chi connectivity index (χ2n) is 4.43. The second-order valence-corrected chi connectivity index (χ2v) is 4.43. The van der Waals surface area contributed by atoms with Gasteiger partial charge in [-0.2, -0.15) is 13.2 Å². The van der Waals surface area contributed by atoms with Crippen LogP contribution in [-0.2, 0) is 4.79 Å². The van der Waals surface area contributed by atoms with Gasteiger partial charge in [-0.15, -0.1) is 0 Å². The van der Waals surface area contributed by atoms with Crippen LogP contribution < -0.4 is 0 Å². The number of carbonyl (C=O) groups is 1. The maximum absolute atomic E-state index is 12.1. The average molecular weight is 238 g/mol. The first kappa shape index (κ1) is 13.3. The Morgan fingerprint density at radius 1 is 1.50 bits per heavy atom. The second kappa shape index (κ2) is 5.03. The van der Waals surface area contributed by atoms with Crippen LogP contribution in [0.5, 0.6) is 0 Å². The summed E-state index contributed by atoms with van der Waals surface area (Å²) in [5.74, 6) is -1.34. The standard InChI is InChI=1S/C10H17F3N2O/c1-14-5-3-8(7-14)4-6-15(2)9(16)10(11,12)13/h8H,3-7H2,1-2H3. The highest BCUT2D eigenvalue weighted by Crippen LogP contribution is 2.21. The van der Waals surface area contributed by atoms with Crippen LogP contribution in [0.1, 0.15) is 12.8 Å². The van der Waals surface area contributed by atoms with Gasteiger partial charge in [-0.25, -0.2) is 0 Å². The van der Waals surface area contributed by atoms with Gasteiger partial charge in [0.1, 0.15) is 0 Å². The number of alkyl halides is 3. The minimum Gasteiger partial charge on any atom is -0.338 e. The van der Waals surface area contributed by atoms with Crippen molar-refractivity contribution in [3.63, 3.8) is 0 Å². The Morgan fingerprint density at radius 3 is 2.56 bits per heavy atom. The van der Waals surface area contributed by atoms with E-state index in [0.717, 1.165) is 24.4 Å². The van der Waals surface area contributed by atoms with E-state index in [1.54, 1.807) is 0 Å². The zero-order chi connectivity index (χ0) is 12.3. The molecule has 0 saturated carbocycles. The van der Waals surface area contributed by atoms with Crippen molar-refractivity contribution < 1.29 is 18.0 Å². The van der Waals surface area contributed by atoms with Gasteiger partial charge in [0, 0.05) is 20.1 Å². The fourth-order valence-electron chi connectivity index (χ4n) is 1.96. The van der Waals surface area contributed by atoms with Gasteiger partial charge in [0.05, 0.1) is 0 Å². The van der Waals surface area contributed by atoms with Crippen LogP contribution in [0.4, 0.5) is 13.2 Å². The molecule has 0 aromatic carbocycles. The zero-order valence-electron chi connectivity index (χ0n) is 9.55. The average Bonchev–Trinajstić information content (AvgIpc) is 2.58. The molecule has 1 heterocycles. The smallest absolute Gasteiger partial charge is 0.338 e. The summed E-state index contributed by atoms with van der Waals surface area (Å²) in [5.41, 5.74) is 0. The Bertz CT molecular complexity index is 255. The topological polar surface area (TPSA) is 23.6 Å². The molecule has 1 atom stereocenters. The van der Waals surface area contributed by atoms with E-state index in [0.29, 0.717) is 12.3 Å². The predicted octanol–water partition coefficient (Wildman–Crippen LogP) is 1.35. The Labute approximate surface area is 93.2 Å². The minimum absolute atomic E-state index is 0.177. The van der Waals surface area contributed by atoms with Crippen molar-refractivity contribution in [3.8, 4) is 0 Å². The van der Waals surface area contributed by atoms with E-state index < -0.39 is 12.1 Å². The van der Waals surface area contributed by atoms with Crippen LogP contribution in [0.25, 0.3) is 0 Å². The van der Waals surface area contributed by atoms with Crippen LogP contribution in [0.3, 0.4) is 0 Å². The molecule has 0 spiro atoms. The molecule has 6 heteroatoms. The van der Waals surface area contributed by atoms with Gasteiger partial charge in [0.15, 0.2) is 0 Å². The normalized spacial score (nSPS) is 22.4. The lowest BCUT2D eigenvalue weighted by Gasteiger charge is -2.20. The predicted molar refractivity (Wildman–Crippen MR) is 53.9 cm³/mol. The quantitative estimate of drug-likeness (QED) is 0.741. The summed E-state index contributed by atoms with van der Waals surface area (Å²) < 4.78 is 36.2. The SMILES string of the molecule is CN1CCC(CCN(C)C(=O)C(F)(F)F)C1. The number of amides is 1. The number of nitrogens with zero attached hydrogens (tertiary/aromatic N) is 2. The van der Waals surface area contributed by atoms with Gasteiger partial charge in [0.2, 0.25) is 0 Å². The van der Waals surface area contributed by atoms with E-state index in [9.17, 15) is 18.0 Å². The van der Waals surface area contributed by atoms with Crippen molar-refractivity contribution in [1.29, 1.82) is 0 Å². The van der Waals surface area contributed by atoms with Crippen molar-refractivity contribution in [2.75, 3.05) is 33.7 Å². The minimum atomic E-state index is -4.75. The number of rotatable bonds is 3. The van der Waals surface area contributed by atoms with E-state index in [1.807, 2.05) is 7.05 Å². The lowest BCUT2D eigenvalue weighted by atomic mass is 10.1. The first-order chi connectivity index (χ1) is 7.30.